The molecule has 0 spiro atoms. The summed E-state index contributed by atoms with van der Waals surface area (Å²) in [6.45, 7) is 6.83. The predicted molar refractivity (Wildman–Crippen MR) is 116 cm³/mol. The summed E-state index contributed by atoms with van der Waals surface area (Å²) in [5.41, 5.74) is 2.94. The molecule has 162 valence electrons. The lowest BCUT2D eigenvalue weighted by Gasteiger charge is -2.09. The van der Waals surface area contributed by atoms with Crippen molar-refractivity contribution in [3.05, 3.63) is 57.9 Å². The first-order chi connectivity index (χ1) is 14.7. The number of aromatic nitrogens is 1. The number of nitriles is 1. The fourth-order valence-corrected chi connectivity index (χ4v) is 3.22. The van der Waals surface area contributed by atoms with Crippen LogP contribution in [0.1, 0.15) is 51.0 Å². The highest BCUT2D eigenvalue weighted by Gasteiger charge is 2.17. The third-order valence-corrected chi connectivity index (χ3v) is 4.76. The first-order valence-corrected chi connectivity index (χ1v) is 9.67. The summed E-state index contributed by atoms with van der Waals surface area (Å²) in [4.78, 5) is 36.6. The Kier molecular flexibility index (Phi) is 7.75. The van der Waals surface area contributed by atoms with Gasteiger partial charge < -0.3 is 19.4 Å². The molecule has 2 aromatic rings. The lowest BCUT2D eigenvalue weighted by atomic mass is 10.1. The Bertz CT molecular complexity index is 1060. The highest BCUT2D eigenvalue weighted by Crippen LogP contribution is 2.21. The fourth-order valence-electron chi connectivity index (χ4n) is 3.22. The molecule has 0 aliphatic carbocycles. The van der Waals surface area contributed by atoms with Crippen molar-refractivity contribution < 1.29 is 23.9 Å². The average Bonchev–Trinajstić information content (AvgIpc) is 3.03. The molecule has 31 heavy (non-hydrogen) atoms. The Morgan fingerprint density at radius 2 is 1.65 bits per heavy atom. The molecule has 1 heterocycles. The fraction of sp³-hybridized carbons (Fsp3) is 0.304. The van der Waals surface area contributed by atoms with Crippen LogP contribution in [0, 0.1) is 25.2 Å². The van der Waals surface area contributed by atoms with Crippen LogP contribution in [0.3, 0.4) is 0 Å². The van der Waals surface area contributed by atoms with Gasteiger partial charge in [-0.1, -0.05) is 6.92 Å². The number of amides is 1. The van der Waals surface area contributed by atoms with E-state index < -0.39 is 17.8 Å². The van der Waals surface area contributed by atoms with Crippen LogP contribution in [0.5, 0.6) is 0 Å². The number of benzene rings is 1. The van der Waals surface area contributed by atoms with E-state index in [2.05, 4.69) is 26.3 Å². The standard InChI is InChI=1S/C23H25N3O5/c1-6-7-26-14(2)8-16(15(26)3)9-19(13-24)21(27)25-20-11-17(22(28)30-4)10-18(12-20)23(29)31-5/h8-12H,6-7H2,1-5H3,(H,25,27)/b19-9+. The summed E-state index contributed by atoms with van der Waals surface area (Å²) < 4.78 is 11.5. The van der Waals surface area contributed by atoms with E-state index in [-0.39, 0.29) is 22.4 Å². The molecule has 1 N–H and O–H groups in total. The van der Waals surface area contributed by atoms with Crippen LogP contribution in [0.25, 0.3) is 6.08 Å². The van der Waals surface area contributed by atoms with Gasteiger partial charge in [0, 0.05) is 23.6 Å². The van der Waals surface area contributed by atoms with Crippen LogP contribution in [0.15, 0.2) is 29.8 Å². The highest BCUT2D eigenvalue weighted by atomic mass is 16.5. The zero-order valence-electron chi connectivity index (χ0n) is 18.2. The number of anilines is 1. The number of carbonyl (C=O) groups excluding carboxylic acids is 3. The number of esters is 2. The molecule has 0 radical (unpaired) electrons. The molecular weight excluding hydrogens is 398 g/mol. The summed E-state index contributed by atoms with van der Waals surface area (Å²) in [7, 11) is 2.41. The van der Waals surface area contributed by atoms with Crippen molar-refractivity contribution in [2.24, 2.45) is 0 Å². The van der Waals surface area contributed by atoms with Crippen LogP contribution in [-0.2, 0) is 20.8 Å². The monoisotopic (exact) mass is 423 g/mol. The van der Waals surface area contributed by atoms with Crippen LogP contribution >= 0.6 is 0 Å². The third kappa shape index (κ3) is 5.39. The molecule has 2 rings (SSSR count). The van der Waals surface area contributed by atoms with E-state index >= 15 is 0 Å². The van der Waals surface area contributed by atoms with E-state index in [0.29, 0.717) is 0 Å². The number of aryl methyl sites for hydroxylation is 1. The third-order valence-electron chi connectivity index (χ3n) is 4.76. The van der Waals surface area contributed by atoms with Gasteiger partial charge in [-0.3, -0.25) is 4.79 Å². The number of methoxy groups -OCH3 is 2. The Hall–Kier alpha value is -3.86. The minimum absolute atomic E-state index is 0.0614. The molecule has 0 aliphatic rings. The normalized spacial score (nSPS) is 10.9. The van der Waals surface area contributed by atoms with Crippen molar-refractivity contribution >= 4 is 29.6 Å². The maximum Gasteiger partial charge on any atom is 0.337 e. The van der Waals surface area contributed by atoms with E-state index in [1.165, 1.54) is 38.5 Å². The van der Waals surface area contributed by atoms with Gasteiger partial charge in [0.25, 0.3) is 5.91 Å². The van der Waals surface area contributed by atoms with Gasteiger partial charge in [0.05, 0.1) is 25.3 Å². The molecule has 0 aliphatic heterocycles. The summed E-state index contributed by atoms with van der Waals surface area (Å²) in [5.74, 6) is -2.03. The average molecular weight is 423 g/mol. The molecule has 0 fully saturated rings. The molecule has 0 unspecified atom stereocenters. The van der Waals surface area contributed by atoms with Crippen molar-refractivity contribution in [2.75, 3.05) is 19.5 Å². The Morgan fingerprint density at radius 1 is 1.06 bits per heavy atom. The van der Waals surface area contributed by atoms with E-state index in [4.69, 9.17) is 0 Å². The van der Waals surface area contributed by atoms with Gasteiger partial charge in [0.2, 0.25) is 0 Å². The second kappa shape index (κ2) is 10.3. The summed E-state index contributed by atoms with van der Waals surface area (Å²) in [6, 6.07) is 7.85. The first-order valence-electron chi connectivity index (χ1n) is 9.67. The minimum Gasteiger partial charge on any atom is -0.465 e. The van der Waals surface area contributed by atoms with Crippen LogP contribution in [0.4, 0.5) is 5.69 Å². The summed E-state index contributed by atoms with van der Waals surface area (Å²) in [6.07, 6.45) is 2.49. The molecule has 0 saturated heterocycles. The van der Waals surface area contributed by atoms with Crippen molar-refractivity contribution in [3.8, 4) is 6.07 Å². The predicted octanol–water partition coefficient (Wildman–Crippen LogP) is 3.63. The van der Waals surface area contributed by atoms with Crippen LogP contribution in [-0.4, -0.2) is 36.6 Å². The lowest BCUT2D eigenvalue weighted by molar-refractivity contribution is -0.112. The molecule has 8 heteroatoms. The number of nitrogens with one attached hydrogen (secondary N) is 1. The van der Waals surface area contributed by atoms with E-state index in [9.17, 15) is 19.6 Å². The van der Waals surface area contributed by atoms with E-state index in [1.54, 1.807) is 0 Å². The molecule has 0 atom stereocenters. The van der Waals surface area contributed by atoms with Crippen LogP contribution in [0.2, 0.25) is 0 Å². The molecule has 1 amide bonds. The van der Waals surface area contributed by atoms with Crippen molar-refractivity contribution in [1.82, 2.24) is 4.57 Å². The van der Waals surface area contributed by atoms with E-state index in [1.807, 2.05) is 26.0 Å². The van der Waals surface area contributed by atoms with Crippen molar-refractivity contribution in [3.63, 3.8) is 0 Å². The highest BCUT2D eigenvalue weighted by molar-refractivity contribution is 6.10. The minimum atomic E-state index is -0.680. The number of rotatable bonds is 7. The van der Waals surface area contributed by atoms with Gasteiger partial charge >= 0.3 is 11.9 Å². The largest absolute Gasteiger partial charge is 0.465 e. The molecular formula is C23H25N3O5. The topological polar surface area (TPSA) is 110 Å². The quantitative estimate of drug-likeness (QED) is 0.414. The molecule has 0 saturated carbocycles. The second-order valence-corrected chi connectivity index (χ2v) is 6.88. The lowest BCUT2D eigenvalue weighted by Crippen LogP contribution is -2.15. The Labute approximate surface area is 181 Å². The van der Waals surface area contributed by atoms with Gasteiger partial charge in [-0.15, -0.1) is 0 Å². The first kappa shape index (κ1) is 23.4. The second-order valence-electron chi connectivity index (χ2n) is 6.88. The SMILES string of the molecule is CCCn1c(C)cc(/C=C(\C#N)C(=O)Nc2cc(C(=O)OC)cc(C(=O)OC)c2)c1C. The van der Waals surface area contributed by atoms with Gasteiger partial charge in [0.1, 0.15) is 11.6 Å². The number of ether oxygens (including phenoxy) is 2. The smallest absolute Gasteiger partial charge is 0.337 e. The van der Waals surface area contributed by atoms with Crippen molar-refractivity contribution in [1.29, 1.82) is 5.26 Å². The van der Waals surface area contributed by atoms with Gasteiger partial charge in [-0.25, -0.2) is 9.59 Å². The van der Waals surface area contributed by atoms with Gasteiger partial charge in [0.15, 0.2) is 0 Å². The van der Waals surface area contributed by atoms with Crippen LogP contribution < -0.4 is 5.32 Å². The number of carbonyl (C=O) groups is 3. The zero-order chi connectivity index (χ0) is 23.1. The Balaban J connectivity index is 2.39. The summed E-state index contributed by atoms with van der Waals surface area (Å²) in [5, 5.41) is 12.1. The molecule has 1 aromatic heterocycles. The maximum absolute atomic E-state index is 12.7. The summed E-state index contributed by atoms with van der Waals surface area (Å²) >= 11 is 0. The molecule has 0 bridgehead atoms. The van der Waals surface area contributed by atoms with Gasteiger partial charge in [-0.05, 0) is 56.2 Å². The number of hydrogen-bond acceptors (Lipinski definition) is 6. The number of hydrogen-bond donors (Lipinski definition) is 1. The number of nitrogens with zero attached hydrogens (tertiary/aromatic N) is 2. The van der Waals surface area contributed by atoms with Crippen molar-refractivity contribution in [2.45, 2.75) is 33.7 Å². The zero-order valence-corrected chi connectivity index (χ0v) is 18.2. The van der Waals surface area contributed by atoms with Gasteiger partial charge in [-0.2, -0.15) is 5.26 Å². The van der Waals surface area contributed by atoms with E-state index in [0.717, 1.165) is 29.9 Å². The molecule has 1 aromatic carbocycles. The maximum atomic E-state index is 12.7. The Morgan fingerprint density at radius 3 is 2.13 bits per heavy atom. The molecule has 8 nitrogen and oxygen atoms in total.